The van der Waals surface area contributed by atoms with Crippen LogP contribution in [0.2, 0.25) is 0 Å². The molecule has 3 fully saturated rings. The van der Waals surface area contributed by atoms with Gasteiger partial charge >= 0.3 is 11.9 Å². The molecular weight excluding hydrogens is 294 g/mol. The molecule has 0 spiro atoms. The van der Waals surface area contributed by atoms with Crippen LogP contribution in [0.15, 0.2) is 0 Å². The first-order valence-corrected chi connectivity index (χ1v) is 9.12. The fraction of sp³-hybridized carbons (Fsp3) is 0.889. The van der Waals surface area contributed by atoms with E-state index in [2.05, 4.69) is 11.9 Å². The normalized spacial score (nSPS) is 35.0. The van der Waals surface area contributed by atoms with E-state index in [4.69, 9.17) is 9.47 Å². The van der Waals surface area contributed by atoms with Gasteiger partial charge in [-0.3, -0.25) is 14.5 Å². The number of rotatable bonds is 4. The van der Waals surface area contributed by atoms with Crippen LogP contribution < -0.4 is 0 Å². The van der Waals surface area contributed by atoms with Crippen molar-refractivity contribution in [1.82, 2.24) is 4.90 Å². The monoisotopic (exact) mass is 323 g/mol. The van der Waals surface area contributed by atoms with Crippen LogP contribution in [-0.4, -0.2) is 48.7 Å². The van der Waals surface area contributed by atoms with Crippen LogP contribution in [0, 0.1) is 11.8 Å². The average Bonchev–Trinajstić information content (AvgIpc) is 2.79. The van der Waals surface area contributed by atoms with Crippen molar-refractivity contribution in [2.45, 2.75) is 76.5 Å². The number of hydrogen-bond acceptors (Lipinski definition) is 5. The Morgan fingerprint density at radius 1 is 1.09 bits per heavy atom. The molecule has 0 aromatic carbocycles. The Kier molecular flexibility index (Phi) is 5.24. The molecule has 0 radical (unpaired) electrons. The SMILES string of the molecule is CC(=O)OCC1C2CC[C@H](C[C@@H]1OC(=O)C1CCCCC1)N2C. The largest absolute Gasteiger partial charge is 0.465 e. The third-order valence-corrected chi connectivity index (χ3v) is 6.06. The van der Waals surface area contributed by atoms with Gasteiger partial charge in [-0.25, -0.2) is 0 Å². The second-order valence-electron chi connectivity index (χ2n) is 7.48. The number of carbonyl (C=O) groups is 2. The number of hydrogen-bond donors (Lipinski definition) is 0. The first kappa shape index (κ1) is 16.7. The van der Waals surface area contributed by atoms with Gasteiger partial charge in [0, 0.05) is 31.3 Å². The number of piperidine rings is 1. The number of esters is 2. The van der Waals surface area contributed by atoms with E-state index >= 15 is 0 Å². The Morgan fingerprint density at radius 2 is 1.83 bits per heavy atom. The molecule has 130 valence electrons. The van der Waals surface area contributed by atoms with E-state index in [1.165, 1.54) is 13.3 Å². The summed E-state index contributed by atoms with van der Waals surface area (Å²) < 4.78 is 11.2. The number of carbonyl (C=O) groups excluding carboxylic acids is 2. The summed E-state index contributed by atoms with van der Waals surface area (Å²) in [4.78, 5) is 26.1. The van der Waals surface area contributed by atoms with Crippen LogP contribution in [0.4, 0.5) is 0 Å². The summed E-state index contributed by atoms with van der Waals surface area (Å²) in [6, 6.07) is 0.856. The minimum atomic E-state index is -0.259. The van der Waals surface area contributed by atoms with Crippen molar-refractivity contribution in [3.05, 3.63) is 0 Å². The highest BCUT2D eigenvalue weighted by Crippen LogP contribution is 2.40. The van der Waals surface area contributed by atoms with E-state index in [1.54, 1.807) is 0 Å². The molecule has 23 heavy (non-hydrogen) atoms. The van der Waals surface area contributed by atoms with Crippen LogP contribution in [0.1, 0.15) is 58.3 Å². The van der Waals surface area contributed by atoms with Crippen molar-refractivity contribution in [3.63, 3.8) is 0 Å². The number of fused-ring (bicyclic) bond motifs is 2. The minimum absolute atomic E-state index is 0.0218. The van der Waals surface area contributed by atoms with Crippen LogP contribution >= 0.6 is 0 Å². The predicted molar refractivity (Wildman–Crippen MR) is 85.8 cm³/mol. The molecular formula is C18H29NO4. The third kappa shape index (κ3) is 3.70. The fourth-order valence-electron chi connectivity index (χ4n) is 4.68. The van der Waals surface area contributed by atoms with E-state index in [-0.39, 0.29) is 29.9 Å². The first-order valence-electron chi connectivity index (χ1n) is 9.12. The van der Waals surface area contributed by atoms with Crippen molar-refractivity contribution in [2.75, 3.05) is 13.7 Å². The lowest BCUT2D eigenvalue weighted by Gasteiger charge is -2.42. The first-order chi connectivity index (χ1) is 11.1. The predicted octanol–water partition coefficient (Wildman–Crippen LogP) is 2.52. The van der Waals surface area contributed by atoms with Gasteiger partial charge in [-0.15, -0.1) is 0 Å². The van der Waals surface area contributed by atoms with Gasteiger partial charge in [-0.05, 0) is 32.7 Å². The van der Waals surface area contributed by atoms with Crippen LogP contribution in [0.25, 0.3) is 0 Å². The highest BCUT2D eigenvalue weighted by molar-refractivity contribution is 5.72. The molecule has 1 aliphatic carbocycles. The Labute approximate surface area is 138 Å². The molecule has 3 aliphatic rings. The van der Waals surface area contributed by atoms with Crippen molar-refractivity contribution in [1.29, 1.82) is 0 Å². The van der Waals surface area contributed by atoms with Crippen LogP contribution in [-0.2, 0) is 19.1 Å². The van der Waals surface area contributed by atoms with Crippen molar-refractivity contribution in [3.8, 4) is 0 Å². The summed E-state index contributed by atoms with van der Waals surface area (Å²) in [5.41, 5.74) is 0. The van der Waals surface area contributed by atoms with Crippen LogP contribution in [0.5, 0.6) is 0 Å². The Bertz CT molecular complexity index is 446. The zero-order valence-electron chi connectivity index (χ0n) is 14.3. The molecule has 2 unspecified atom stereocenters. The molecule has 3 rings (SSSR count). The molecule has 0 aromatic rings. The van der Waals surface area contributed by atoms with Gasteiger partial charge in [0.1, 0.15) is 6.10 Å². The maximum atomic E-state index is 12.5. The second-order valence-corrected chi connectivity index (χ2v) is 7.48. The Hall–Kier alpha value is -1.10. The molecule has 5 nitrogen and oxygen atoms in total. The molecule has 1 saturated carbocycles. The summed E-state index contributed by atoms with van der Waals surface area (Å²) >= 11 is 0. The fourth-order valence-corrected chi connectivity index (χ4v) is 4.68. The third-order valence-electron chi connectivity index (χ3n) is 6.06. The van der Waals surface area contributed by atoms with Gasteiger partial charge in [0.25, 0.3) is 0 Å². The minimum Gasteiger partial charge on any atom is -0.465 e. The van der Waals surface area contributed by atoms with E-state index in [0.29, 0.717) is 18.7 Å². The van der Waals surface area contributed by atoms with Crippen molar-refractivity contribution in [2.24, 2.45) is 11.8 Å². The van der Waals surface area contributed by atoms with Crippen LogP contribution in [0.3, 0.4) is 0 Å². The summed E-state index contributed by atoms with van der Waals surface area (Å²) in [7, 11) is 2.14. The average molecular weight is 323 g/mol. The van der Waals surface area contributed by atoms with E-state index in [0.717, 1.165) is 44.9 Å². The van der Waals surface area contributed by atoms with Crippen molar-refractivity contribution < 1.29 is 19.1 Å². The Balaban J connectivity index is 1.65. The lowest BCUT2D eigenvalue weighted by molar-refractivity contribution is -0.167. The molecule has 4 atom stereocenters. The lowest BCUT2D eigenvalue weighted by atomic mass is 9.87. The summed E-state index contributed by atoms with van der Waals surface area (Å²) in [5, 5.41) is 0. The summed E-state index contributed by atoms with van der Waals surface area (Å²) in [6.07, 6.45) is 8.45. The molecule has 2 heterocycles. The van der Waals surface area contributed by atoms with E-state index in [9.17, 15) is 9.59 Å². The highest BCUT2D eigenvalue weighted by atomic mass is 16.6. The number of ether oxygens (including phenoxy) is 2. The van der Waals surface area contributed by atoms with Gasteiger partial charge in [0.2, 0.25) is 0 Å². The molecule has 0 aromatic heterocycles. The summed E-state index contributed by atoms with van der Waals surface area (Å²) in [5.74, 6) is -0.0952. The standard InChI is InChI=1S/C18H29NO4/c1-12(20)22-11-15-16-9-8-14(19(16)2)10-17(15)23-18(21)13-6-4-3-5-7-13/h13-17H,3-11H2,1-2H3/t14-,15?,16?,17+/m1/s1. The van der Waals surface area contributed by atoms with Gasteiger partial charge in [0.05, 0.1) is 12.5 Å². The maximum Gasteiger partial charge on any atom is 0.309 e. The maximum absolute atomic E-state index is 12.5. The van der Waals surface area contributed by atoms with Gasteiger partial charge in [-0.2, -0.15) is 0 Å². The molecule has 2 aliphatic heterocycles. The molecule has 2 bridgehead atoms. The van der Waals surface area contributed by atoms with E-state index < -0.39 is 0 Å². The lowest BCUT2D eigenvalue weighted by Crippen LogP contribution is -2.52. The Morgan fingerprint density at radius 3 is 2.52 bits per heavy atom. The van der Waals surface area contributed by atoms with Crippen molar-refractivity contribution >= 4 is 11.9 Å². The molecule has 0 amide bonds. The zero-order valence-corrected chi connectivity index (χ0v) is 14.3. The highest BCUT2D eigenvalue weighted by Gasteiger charge is 2.47. The summed E-state index contributed by atoms with van der Waals surface area (Å²) in [6.45, 7) is 1.80. The number of nitrogens with zero attached hydrogens (tertiary/aromatic N) is 1. The second kappa shape index (κ2) is 7.20. The smallest absolute Gasteiger partial charge is 0.309 e. The quantitative estimate of drug-likeness (QED) is 0.744. The van der Waals surface area contributed by atoms with Gasteiger partial charge in [0.15, 0.2) is 0 Å². The van der Waals surface area contributed by atoms with E-state index in [1.807, 2.05) is 0 Å². The molecule has 5 heteroatoms. The topological polar surface area (TPSA) is 55.8 Å². The zero-order chi connectivity index (χ0) is 16.4. The van der Waals surface area contributed by atoms with Gasteiger partial charge in [-0.1, -0.05) is 19.3 Å². The van der Waals surface area contributed by atoms with Gasteiger partial charge < -0.3 is 9.47 Å². The molecule has 2 saturated heterocycles. The molecule has 0 N–H and O–H groups in total.